The Morgan fingerprint density at radius 1 is 0.975 bits per heavy atom. The summed E-state index contributed by atoms with van der Waals surface area (Å²) in [6.45, 7) is 11.7. The van der Waals surface area contributed by atoms with Crippen molar-refractivity contribution in [2.24, 2.45) is 11.8 Å². The molecular weight excluding hydrogens is 519 g/mol. The fourth-order valence-corrected chi connectivity index (χ4v) is 5.40. The van der Waals surface area contributed by atoms with Crippen LogP contribution in [0, 0.1) is 11.8 Å². The molecule has 0 N–H and O–H groups in total. The number of halogens is 3. The zero-order chi connectivity index (χ0) is 29.0. The Morgan fingerprint density at radius 3 is 2.35 bits per heavy atom. The van der Waals surface area contributed by atoms with Crippen LogP contribution in [0.4, 0.5) is 18.9 Å². The van der Waals surface area contributed by atoms with Crippen LogP contribution in [0.1, 0.15) is 76.2 Å². The molecule has 2 amide bonds. The van der Waals surface area contributed by atoms with Gasteiger partial charge in [-0.3, -0.25) is 14.3 Å². The second kappa shape index (κ2) is 12.7. The van der Waals surface area contributed by atoms with Crippen LogP contribution in [-0.4, -0.2) is 64.1 Å². The van der Waals surface area contributed by atoms with Crippen LogP contribution in [-0.2, 0) is 28.9 Å². The molecule has 1 aromatic heterocycles. The molecule has 7 nitrogen and oxygen atoms in total. The number of nitrogens with zero attached hydrogens (tertiary/aromatic N) is 5. The summed E-state index contributed by atoms with van der Waals surface area (Å²) in [4.78, 5) is 33.0. The monoisotopic (exact) mass is 561 g/mol. The average Bonchev–Trinajstić information content (AvgIpc) is 3.62. The molecule has 1 saturated carbocycles. The van der Waals surface area contributed by atoms with Crippen LogP contribution in [0.15, 0.2) is 30.3 Å². The Balaban J connectivity index is 1.65. The maximum Gasteiger partial charge on any atom is 0.435 e. The first-order chi connectivity index (χ1) is 18.9. The van der Waals surface area contributed by atoms with E-state index in [1.54, 1.807) is 4.90 Å². The van der Waals surface area contributed by atoms with Crippen LogP contribution in [0.25, 0.3) is 0 Å². The van der Waals surface area contributed by atoms with Crippen LogP contribution >= 0.6 is 0 Å². The van der Waals surface area contributed by atoms with Crippen molar-refractivity contribution in [1.29, 1.82) is 0 Å². The molecule has 0 spiro atoms. The molecule has 0 bridgehead atoms. The summed E-state index contributed by atoms with van der Waals surface area (Å²) in [5, 5.41) is 3.81. The maximum absolute atomic E-state index is 13.8. The Morgan fingerprint density at radius 2 is 1.70 bits per heavy atom. The van der Waals surface area contributed by atoms with E-state index in [4.69, 9.17) is 0 Å². The number of para-hydroxylation sites is 1. The Hall–Kier alpha value is -2.88. The first-order valence-electron chi connectivity index (χ1n) is 14.5. The van der Waals surface area contributed by atoms with Crippen molar-refractivity contribution >= 4 is 17.5 Å². The van der Waals surface area contributed by atoms with E-state index < -0.39 is 11.9 Å². The number of fused-ring (bicyclic) bond motifs is 1. The first-order valence-corrected chi connectivity index (χ1v) is 14.5. The second-order valence-corrected chi connectivity index (χ2v) is 12.0. The van der Waals surface area contributed by atoms with Gasteiger partial charge in [-0.1, -0.05) is 45.9 Å². The van der Waals surface area contributed by atoms with E-state index in [-0.39, 0.29) is 36.7 Å². The summed E-state index contributed by atoms with van der Waals surface area (Å²) in [5.41, 5.74) is 1.17. The summed E-state index contributed by atoms with van der Waals surface area (Å²) >= 11 is 0. The van der Waals surface area contributed by atoms with E-state index in [1.165, 1.54) is 4.68 Å². The van der Waals surface area contributed by atoms with E-state index in [1.807, 2.05) is 43.0 Å². The first kappa shape index (κ1) is 30.1. The van der Waals surface area contributed by atoms with Crippen molar-refractivity contribution in [3.63, 3.8) is 0 Å². The molecule has 0 atom stereocenters. The SMILES string of the molecule is CC(C)CC(=O)N1CCCN(CC(C)C)CCN(C(=O)Cn2nc(C(F)(F)F)cc2C2CC2)Cc2ccccc21. The topological polar surface area (TPSA) is 61.7 Å². The second-order valence-electron chi connectivity index (χ2n) is 12.0. The third-order valence-electron chi connectivity index (χ3n) is 7.43. The van der Waals surface area contributed by atoms with E-state index in [0.717, 1.165) is 49.7 Å². The van der Waals surface area contributed by atoms with Crippen LogP contribution in [0.2, 0.25) is 0 Å². The number of anilines is 1. The van der Waals surface area contributed by atoms with Gasteiger partial charge in [-0.2, -0.15) is 18.3 Å². The summed E-state index contributed by atoms with van der Waals surface area (Å²) < 4.78 is 41.6. The number of aromatic nitrogens is 2. The van der Waals surface area contributed by atoms with Gasteiger partial charge in [-0.15, -0.1) is 0 Å². The van der Waals surface area contributed by atoms with E-state index in [9.17, 15) is 22.8 Å². The predicted octanol–water partition coefficient (Wildman–Crippen LogP) is 5.55. The van der Waals surface area contributed by atoms with Gasteiger partial charge in [-0.25, -0.2) is 0 Å². The molecular formula is C30H42F3N5O2. The number of hydrogen-bond donors (Lipinski definition) is 0. The Kier molecular flexibility index (Phi) is 9.59. The molecule has 1 aliphatic carbocycles. The molecule has 2 aromatic rings. The lowest BCUT2D eigenvalue weighted by atomic mass is 10.1. The van der Waals surface area contributed by atoms with Crippen molar-refractivity contribution in [3.05, 3.63) is 47.3 Å². The fourth-order valence-electron chi connectivity index (χ4n) is 5.40. The molecule has 0 unspecified atom stereocenters. The van der Waals surface area contributed by atoms with Gasteiger partial charge in [0.1, 0.15) is 6.54 Å². The van der Waals surface area contributed by atoms with Gasteiger partial charge in [0.2, 0.25) is 11.8 Å². The average molecular weight is 562 g/mol. The smallest absolute Gasteiger partial charge is 0.335 e. The lowest BCUT2D eigenvalue weighted by molar-refractivity contribution is -0.142. The highest BCUT2D eigenvalue weighted by atomic mass is 19.4. The van der Waals surface area contributed by atoms with Crippen molar-refractivity contribution in [2.75, 3.05) is 37.6 Å². The third-order valence-corrected chi connectivity index (χ3v) is 7.43. The molecule has 2 heterocycles. The van der Waals surface area contributed by atoms with Crippen LogP contribution < -0.4 is 4.90 Å². The minimum Gasteiger partial charge on any atom is -0.335 e. The normalized spacial score (nSPS) is 17.7. The van der Waals surface area contributed by atoms with Crippen molar-refractivity contribution < 1.29 is 22.8 Å². The number of alkyl halides is 3. The van der Waals surface area contributed by atoms with Crippen molar-refractivity contribution in [1.82, 2.24) is 19.6 Å². The number of amides is 2. The highest BCUT2D eigenvalue weighted by Gasteiger charge is 2.38. The number of carbonyl (C=O) groups is 2. The maximum atomic E-state index is 13.8. The van der Waals surface area contributed by atoms with Gasteiger partial charge in [0.05, 0.1) is 0 Å². The summed E-state index contributed by atoms with van der Waals surface area (Å²) in [5.74, 6) is 0.431. The molecule has 40 heavy (non-hydrogen) atoms. The summed E-state index contributed by atoms with van der Waals surface area (Å²) in [6.07, 6.45) is -1.72. The van der Waals surface area contributed by atoms with Gasteiger partial charge in [0, 0.05) is 56.4 Å². The molecule has 0 saturated heterocycles. The zero-order valence-corrected chi connectivity index (χ0v) is 24.1. The number of hydrogen-bond acceptors (Lipinski definition) is 4. The molecule has 10 heteroatoms. The predicted molar refractivity (Wildman–Crippen MR) is 149 cm³/mol. The molecule has 1 aliphatic heterocycles. The minimum atomic E-state index is -4.56. The van der Waals surface area contributed by atoms with Gasteiger partial charge < -0.3 is 14.7 Å². The summed E-state index contributed by atoms with van der Waals surface area (Å²) in [6, 6.07) is 8.74. The lowest BCUT2D eigenvalue weighted by Gasteiger charge is -2.29. The van der Waals surface area contributed by atoms with E-state index in [2.05, 4.69) is 23.8 Å². The number of carbonyl (C=O) groups excluding carboxylic acids is 2. The van der Waals surface area contributed by atoms with Crippen molar-refractivity contribution in [2.45, 2.75) is 78.6 Å². The molecule has 0 radical (unpaired) electrons. The van der Waals surface area contributed by atoms with Gasteiger partial charge in [0.15, 0.2) is 5.69 Å². The number of rotatable bonds is 7. The van der Waals surface area contributed by atoms with Gasteiger partial charge in [-0.05, 0) is 55.3 Å². The van der Waals surface area contributed by atoms with Crippen LogP contribution in [0.5, 0.6) is 0 Å². The Bertz CT molecular complexity index is 1170. The highest BCUT2D eigenvalue weighted by molar-refractivity contribution is 5.94. The van der Waals surface area contributed by atoms with E-state index in [0.29, 0.717) is 37.7 Å². The standard InChI is InChI=1S/C30H42F3N5O2/c1-21(2)16-28(39)37-13-7-12-35(18-22(3)4)14-15-36(19-24-8-5-6-9-25(24)37)29(40)20-38-26(23-10-11-23)17-27(34-38)30(31,32)33/h5-6,8-9,17,21-23H,7,10-16,18-20H2,1-4H3. The molecule has 4 rings (SSSR count). The lowest BCUT2D eigenvalue weighted by Crippen LogP contribution is -2.41. The largest absolute Gasteiger partial charge is 0.435 e. The van der Waals surface area contributed by atoms with Crippen LogP contribution in [0.3, 0.4) is 0 Å². The summed E-state index contributed by atoms with van der Waals surface area (Å²) in [7, 11) is 0. The minimum absolute atomic E-state index is 0.0155. The van der Waals surface area contributed by atoms with Crippen molar-refractivity contribution in [3.8, 4) is 0 Å². The van der Waals surface area contributed by atoms with Gasteiger partial charge >= 0.3 is 6.18 Å². The third kappa shape index (κ3) is 7.86. The zero-order valence-electron chi connectivity index (χ0n) is 24.1. The quantitative estimate of drug-likeness (QED) is 0.445. The molecule has 1 aromatic carbocycles. The fraction of sp³-hybridized carbons (Fsp3) is 0.633. The Labute approximate surface area is 235 Å². The highest BCUT2D eigenvalue weighted by Crippen LogP contribution is 2.42. The van der Waals surface area contributed by atoms with Gasteiger partial charge in [0.25, 0.3) is 0 Å². The molecule has 1 fully saturated rings. The molecule has 220 valence electrons. The molecule has 2 aliphatic rings. The number of benzene rings is 1. The van der Waals surface area contributed by atoms with E-state index >= 15 is 0 Å².